The highest BCUT2D eigenvalue weighted by molar-refractivity contribution is 7.86. The maximum absolute atomic E-state index is 12.6. The lowest BCUT2D eigenvalue weighted by atomic mass is 9.85. The molecule has 1 aliphatic heterocycles. The molecule has 0 saturated heterocycles. The van der Waals surface area contributed by atoms with Gasteiger partial charge in [-0.25, -0.2) is 4.79 Å². The molecule has 0 radical (unpaired) electrons. The summed E-state index contributed by atoms with van der Waals surface area (Å²) in [4.78, 5) is 16.4. The lowest BCUT2D eigenvalue weighted by Gasteiger charge is -2.34. The molecule has 9 heteroatoms. The molecule has 0 aromatic heterocycles. The SMILES string of the molecule is CN1c2ccccc2C(C(=O)OF)c2c1cccc2S(=O)(=O)OF. The van der Waals surface area contributed by atoms with Gasteiger partial charge in [0.1, 0.15) is 10.8 Å². The van der Waals surface area contributed by atoms with Crippen LogP contribution in [0.4, 0.5) is 20.4 Å². The first-order chi connectivity index (χ1) is 11.4. The largest absolute Gasteiger partial charge is 0.360 e. The van der Waals surface area contributed by atoms with E-state index in [0.29, 0.717) is 16.9 Å². The van der Waals surface area contributed by atoms with Gasteiger partial charge in [-0.2, -0.15) is 8.42 Å². The van der Waals surface area contributed by atoms with Crippen molar-refractivity contribution in [1.82, 2.24) is 0 Å². The molecule has 1 heterocycles. The van der Waals surface area contributed by atoms with Gasteiger partial charge < -0.3 is 4.90 Å². The molecule has 2 aromatic carbocycles. The Bertz CT molecular complexity index is 916. The van der Waals surface area contributed by atoms with E-state index in [1.807, 2.05) is 0 Å². The number of hydrogen-bond donors (Lipinski definition) is 0. The normalized spacial score (nSPS) is 16.3. The Hall–Kier alpha value is -2.52. The molecule has 24 heavy (non-hydrogen) atoms. The van der Waals surface area contributed by atoms with E-state index < -0.39 is 26.9 Å². The number of fused-ring (bicyclic) bond motifs is 2. The summed E-state index contributed by atoms with van der Waals surface area (Å²) in [6, 6.07) is 10.5. The molecule has 0 N–H and O–H groups in total. The molecule has 3 rings (SSSR count). The number of halogens is 2. The molecule has 0 bridgehead atoms. The van der Waals surface area contributed by atoms with E-state index in [2.05, 4.69) is 9.33 Å². The fourth-order valence-corrected chi connectivity index (χ4v) is 3.78. The van der Waals surface area contributed by atoms with E-state index in [4.69, 9.17) is 0 Å². The van der Waals surface area contributed by atoms with Crippen LogP contribution in [-0.4, -0.2) is 21.4 Å². The number of rotatable bonds is 3. The average Bonchev–Trinajstić information content (AvgIpc) is 2.61. The summed E-state index contributed by atoms with van der Waals surface area (Å²) in [6.07, 6.45) is 0. The van der Waals surface area contributed by atoms with Crippen LogP contribution in [0.25, 0.3) is 0 Å². The predicted molar refractivity (Wildman–Crippen MR) is 79.4 cm³/mol. The summed E-state index contributed by atoms with van der Waals surface area (Å²) in [6.45, 7) is 0. The van der Waals surface area contributed by atoms with Crippen molar-refractivity contribution in [2.75, 3.05) is 11.9 Å². The van der Waals surface area contributed by atoms with Gasteiger partial charge in [0.15, 0.2) is 0 Å². The smallest absolute Gasteiger partial charge is 0.344 e. The summed E-state index contributed by atoms with van der Waals surface area (Å²) in [5.41, 5.74) is 1.08. The van der Waals surface area contributed by atoms with Gasteiger partial charge in [-0.1, -0.05) is 28.7 Å². The third-order valence-electron chi connectivity index (χ3n) is 3.97. The standard InChI is InChI=1S/C15H11F2NO5S/c1-18-10-6-3-2-5-9(10)13(15(19)22-16)14-11(18)7-4-8-12(14)24(20,21)23-17/h2-8,13H,1H3. The van der Waals surface area contributed by atoms with Crippen molar-refractivity contribution in [2.24, 2.45) is 0 Å². The number of carbonyl (C=O) groups is 1. The minimum absolute atomic E-state index is 0.112. The van der Waals surface area contributed by atoms with Crippen LogP contribution in [0.3, 0.4) is 0 Å². The Morgan fingerprint density at radius 3 is 2.42 bits per heavy atom. The van der Waals surface area contributed by atoms with Crippen molar-refractivity contribution in [1.29, 1.82) is 0 Å². The number of hydrogen-bond acceptors (Lipinski definition) is 6. The lowest BCUT2D eigenvalue weighted by molar-refractivity contribution is -0.184. The van der Waals surface area contributed by atoms with Crippen molar-refractivity contribution in [3.05, 3.63) is 53.6 Å². The number of para-hydroxylation sites is 1. The summed E-state index contributed by atoms with van der Waals surface area (Å²) >= 11 is 0. The van der Waals surface area contributed by atoms with Gasteiger partial charge >= 0.3 is 16.1 Å². The minimum atomic E-state index is -4.76. The van der Waals surface area contributed by atoms with Crippen LogP contribution in [0.5, 0.6) is 0 Å². The maximum atomic E-state index is 12.6. The fraction of sp³-hybridized carbons (Fsp3) is 0.133. The summed E-state index contributed by atoms with van der Waals surface area (Å²) in [7, 11) is -3.12. The Kier molecular flexibility index (Phi) is 3.98. The van der Waals surface area contributed by atoms with E-state index >= 15 is 0 Å². The summed E-state index contributed by atoms with van der Waals surface area (Å²) < 4.78 is 52.0. The second-order valence-corrected chi connectivity index (χ2v) is 6.63. The third-order valence-corrected chi connectivity index (χ3v) is 5.03. The molecule has 126 valence electrons. The molecule has 1 aliphatic rings. The zero-order valence-electron chi connectivity index (χ0n) is 12.3. The first-order valence-corrected chi connectivity index (χ1v) is 8.16. The topological polar surface area (TPSA) is 72.9 Å². The second kappa shape index (κ2) is 5.84. The van der Waals surface area contributed by atoms with Gasteiger partial charge in [0.2, 0.25) is 0 Å². The lowest BCUT2D eigenvalue weighted by Crippen LogP contribution is -2.28. The number of nitrogens with zero attached hydrogens (tertiary/aromatic N) is 1. The van der Waals surface area contributed by atoms with Crippen LogP contribution in [0.2, 0.25) is 0 Å². The van der Waals surface area contributed by atoms with Gasteiger partial charge in [0.25, 0.3) is 0 Å². The van der Waals surface area contributed by atoms with Crippen LogP contribution >= 0.6 is 0 Å². The number of benzene rings is 2. The molecule has 0 amide bonds. The predicted octanol–water partition coefficient (Wildman–Crippen LogP) is 2.92. The van der Waals surface area contributed by atoms with Crippen LogP contribution < -0.4 is 4.90 Å². The Morgan fingerprint density at radius 1 is 1.08 bits per heavy atom. The molecule has 6 nitrogen and oxygen atoms in total. The molecule has 0 fully saturated rings. The minimum Gasteiger partial charge on any atom is -0.344 e. The Morgan fingerprint density at radius 2 is 1.75 bits per heavy atom. The maximum Gasteiger partial charge on any atom is 0.360 e. The molecular weight excluding hydrogens is 344 g/mol. The first kappa shape index (κ1) is 16.3. The van der Waals surface area contributed by atoms with Crippen molar-refractivity contribution >= 4 is 27.5 Å². The second-order valence-electron chi connectivity index (χ2n) is 5.15. The highest BCUT2D eigenvalue weighted by Gasteiger charge is 2.40. The van der Waals surface area contributed by atoms with Crippen molar-refractivity contribution in [2.45, 2.75) is 10.8 Å². The third kappa shape index (κ3) is 2.33. The Labute approximate surface area is 136 Å². The average molecular weight is 355 g/mol. The van der Waals surface area contributed by atoms with Crippen molar-refractivity contribution in [3.63, 3.8) is 0 Å². The van der Waals surface area contributed by atoms with Crippen molar-refractivity contribution in [3.8, 4) is 0 Å². The van der Waals surface area contributed by atoms with Crippen molar-refractivity contribution < 1.29 is 31.6 Å². The summed E-state index contributed by atoms with van der Waals surface area (Å²) in [5, 5.41) is 0. The zero-order valence-corrected chi connectivity index (χ0v) is 13.1. The van der Waals surface area contributed by atoms with E-state index in [1.165, 1.54) is 18.2 Å². The Balaban J connectivity index is 2.38. The molecule has 0 aliphatic carbocycles. The van der Waals surface area contributed by atoms with Gasteiger partial charge in [-0.05, 0) is 28.3 Å². The monoisotopic (exact) mass is 355 g/mol. The van der Waals surface area contributed by atoms with E-state index in [1.54, 1.807) is 30.1 Å². The highest BCUT2D eigenvalue weighted by Crippen LogP contribution is 2.47. The molecule has 1 atom stereocenters. The van der Waals surface area contributed by atoms with Crippen LogP contribution in [-0.2, 0) is 24.2 Å². The van der Waals surface area contributed by atoms with E-state index in [0.717, 1.165) is 6.07 Å². The molecule has 0 saturated carbocycles. The summed E-state index contributed by atoms with van der Waals surface area (Å²) in [5.74, 6) is -2.68. The molecule has 1 unspecified atom stereocenters. The highest BCUT2D eigenvalue weighted by atomic mass is 32.2. The van der Waals surface area contributed by atoms with Gasteiger partial charge in [0, 0.05) is 28.5 Å². The van der Waals surface area contributed by atoms with Crippen LogP contribution in [0.1, 0.15) is 17.0 Å². The van der Waals surface area contributed by atoms with Gasteiger partial charge in [-0.15, -0.1) is 0 Å². The zero-order chi connectivity index (χ0) is 17.5. The number of carbonyl (C=O) groups excluding carboxylic acids is 1. The van der Waals surface area contributed by atoms with Crippen LogP contribution in [0.15, 0.2) is 47.4 Å². The molecule has 2 aromatic rings. The van der Waals surface area contributed by atoms with E-state index in [-0.39, 0.29) is 5.56 Å². The van der Waals surface area contributed by atoms with Gasteiger partial charge in [0.05, 0.1) is 0 Å². The fourth-order valence-electron chi connectivity index (χ4n) is 2.98. The molecular formula is C15H11F2NO5S. The van der Waals surface area contributed by atoms with Crippen LogP contribution in [0, 0.1) is 0 Å². The van der Waals surface area contributed by atoms with E-state index in [9.17, 15) is 22.3 Å². The van der Waals surface area contributed by atoms with Gasteiger partial charge in [-0.3, -0.25) is 4.94 Å². The first-order valence-electron chi connectivity index (χ1n) is 6.75. The molecule has 0 spiro atoms. The quantitative estimate of drug-likeness (QED) is 0.843. The number of anilines is 2.